The van der Waals surface area contributed by atoms with Gasteiger partial charge in [-0.15, -0.1) is 0 Å². The molecule has 42 heavy (non-hydrogen) atoms. The van der Waals surface area contributed by atoms with Crippen LogP contribution in [0.2, 0.25) is 5.02 Å². The number of esters is 1. The summed E-state index contributed by atoms with van der Waals surface area (Å²) in [6, 6.07) is 19.9. The van der Waals surface area contributed by atoms with E-state index in [0.717, 1.165) is 27.7 Å². The molecule has 0 unspecified atom stereocenters. The first-order chi connectivity index (χ1) is 20.3. The highest BCUT2D eigenvalue weighted by molar-refractivity contribution is 7.07. The number of halogens is 1. The van der Waals surface area contributed by atoms with Crippen molar-refractivity contribution in [2.24, 2.45) is 4.99 Å². The van der Waals surface area contributed by atoms with Gasteiger partial charge < -0.3 is 19.2 Å². The minimum atomic E-state index is -0.860. The molecule has 1 aliphatic rings. The molecule has 3 heterocycles. The number of allylic oxidation sites excluding steroid dienone is 1. The molecule has 0 saturated heterocycles. The Kier molecular flexibility index (Phi) is 7.22. The summed E-state index contributed by atoms with van der Waals surface area (Å²) in [4.78, 5) is 36.0. The van der Waals surface area contributed by atoms with Crippen molar-refractivity contribution in [1.82, 2.24) is 9.55 Å². The Balaban J connectivity index is 1.66. The summed E-state index contributed by atoms with van der Waals surface area (Å²) >= 11 is 7.64. The van der Waals surface area contributed by atoms with E-state index in [4.69, 9.17) is 25.8 Å². The molecule has 0 saturated carbocycles. The zero-order valence-electron chi connectivity index (χ0n) is 23.2. The van der Waals surface area contributed by atoms with Crippen molar-refractivity contribution in [3.63, 3.8) is 0 Å². The first kappa shape index (κ1) is 27.6. The number of carbonyl (C=O) groups is 1. The van der Waals surface area contributed by atoms with Crippen molar-refractivity contribution in [2.45, 2.75) is 13.0 Å². The van der Waals surface area contributed by atoms with E-state index in [1.807, 2.05) is 54.6 Å². The van der Waals surface area contributed by atoms with Crippen LogP contribution in [0.15, 0.2) is 87.8 Å². The predicted molar refractivity (Wildman–Crippen MR) is 164 cm³/mol. The Hall–Kier alpha value is -4.60. The van der Waals surface area contributed by atoms with E-state index in [-0.39, 0.29) is 11.1 Å². The number of rotatable bonds is 6. The highest BCUT2D eigenvalue weighted by atomic mass is 35.5. The number of aromatic nitrogens is 2. The molecule has 3 aromatic carbocycles. The molecule has 0 amide bonds. The van der Waals surface area contributed by atoms with Gasteiger partial charge in [0.15, 0.2) is 4.80 Å². The fourth-order valence-corrected chi connectivity index (χ4v) is 6.55. The summed E-state index contributed by atoms with van der Waals surface area (Å²) in [6.45, 7) is 1.73. The van der Waals surface area contributed by atoms with Crippen LogP contribution >= 0.6 is 22.9 Å². The minimum absolute atomic E-state index is 0.235. The Labute approximate surface area is 249 Å². The maximum atomic E-state index is 14.3. The number of ether oxygens (including phenoxy) is 3. The van der Waals surface area contributed by atoms with Gasteiger partial charge in [-0.1, -0.05) is 53.3 Å². The number of thiazole rings is 1. The SMILES string of the molecule is COC(=O)C1=C(C)N=c2s/c(=C\c3c(-c4ccccc4)[nH]c4ccc(OC)cc34)c(=O)n2[C@H]1c1cc(Cl)ccc1OC. The van der Waals surface area contributed by atoms with E-state index in [0.29, 0.717) is 37.1 Å². The van der Waals surface area contributed by atoms with Gasteiger partial charge in [-0.2, -0.15) is 0 Å². The van der Waals surface area contributed by atoms with E-state index in [1.54, 1.807) is 32.2 Å². The van der Waals surface area contributed by atoms with Gasteiger partial charge in [0.2, 0.25) is 0 Å². The van der Waals surface area contributed by atoms with E-state index in [9.17, 15) is 9.59 Å². The summed E-state index contributed by atoms with van der Waals surface area (Å²) in [7, 11) is 4.45. The smallest absolute Gasteiger partial charge is 0.338 e. The zero-order chi connectivity index (χ0) is 29.5. The lowest BCUT2D eigenvalue weighted by Crippen LogP contribution is -2.40. The topological polar surface area (TPSA) is 94.9 Å². The van der Waals surface area contributed by atoms with Crippen LogP contribution < -0.4 is 24.4 Å². The van der Waals surface area contributed by atoms with E-state index >= 15 is 0 Å². The van der Waals surface area contributed by atoms with Crippen LogP contribution in [0.5, 0.6) is 11.5 Å². The monoisotopic (exact) mass is 599 g/mol. The van der Waals surface area contributed by atoms with Gasteiger partial charge in [-0.05, 0) is 55.0 Å². The first-order valence-corrected chi connectivity index (χ1v) is 14.2. The lowest BCUT2D eigenvalue weighted by molar-refractivity contribution is -0.136. The number of hydrogen-bond acceptors (Lipinski definition) is 7. The molecule has 2 aromatic heterocycles. The third-order valence-electron chi connectivity index (χ3n) is 7.30. The Bertz CT molecular complexity index is 2070. The second-order valence-corrected chi connectivity index (χ2v) is 11.1. The quantitative estimate of drug-likeness (QED) is 0.270. The van der Waals surface area contributed by atoms with Gasteiger partial charge >= 0.3 is 5.97 Å². The largest absolute Gasteiger partial charge is 0.497 e. The van der Waals surface area contributed by atoms with Crippen LogP contribution in [0.4, 0.5) is 0 Å². The van der Waals surface area contributed by atoms with Crippen LogP contribution in [0.25, 0.3) is 28.2 Å². The van der Waals surface area contributed by atoms with Crippen molar-refractivity contribution in [1.29, 1.82) is 0 Å². The van der Waals surface area contributed by atoms with Crippen LogP contribution in [0.3, 0.4) is 0 Å². The molecular weight excluding hydrogens is 574 g/mol. The van der Waals surface area contributed by atoms with Crippen LogP contribution in [0.1, 0.15) is 24.1 Å². The van der Waals surface area contributed by atoms with Gasteiger partial charge in [0.25, 0.3) is 5.56 Å². The lowest BCUT2D eigenvalue weighted by Gasteiger charge is -2.25. The number of benzene rings is 3. The second-order valence-electron chi connectivity index (χ2n) is 9.65. The molecule has 1 N–H and O–H groups in total. The highest BCUT2D eigenvalue weighted by Gasteiger charge is 2.35. The molecule has 212 valence electrons. The number of carbonyl (C=O) groups excluding carboxylic acids is 1. The Morgan fingerprint density at radius 3 is 2.55 bits per heavy atom. The molecule has 6 rings (SSSR count). The Morgan fingerprint density at radius 2 is 1.83 bits per heavy atom. The van der Waals surface area contributed by atoms with Crippen LogP contribution in [-0.2, 0) is 9.53 Å². The van der Waals surface area contributed by atoms with Gasteiger partial charge in [-0.3, -0.25) is 9.36 Å². The van der Waals surface area contributed by atoms with E-state index in [2.05, 4.69) is 9.98 Å². The number of aromatic amines is 1. The van der Waals surface area contributed by atoms with Crippen molar-refractivity contribution >= 4 is 45.9 Å². The molecule has 1 aliphatic heterocycles. The van der Waals surface area contributed by atoms with Gasteiger partial charge in [0.05, 0.1) is 42.8 Å². The average Bonchev–Trinajstić information content (AvgIpc) is 3.52. The summed E-state index contributed by atoms with van der Waals surface area (Å²) < 4.78 is 18.2. The molecule has 0 bridgehead atoms. The normalized spacial score (nSPS) is 15.0. The summed E-state index contributed by atoms with van der Waals surface area (Å²) in [6.07, 6.45) is 1.87. The van der Waals surface area contributed by atoms with Gasteiger partial charge in [-0.25, -0.2) is 9.79 Å². The highest BCUT2D eigenvalue weighted by Crippen LogP contribution is 2.37. The zero-order valence-corrected chi connectivity index (χ0v) is 24.8. The molecule has 0 radical (unpaired) electrons. The maximum absolute atomic E-state index is 14.3. The van der Waals surface area contributed by atoms with Crippen molar-refractivity contribution in [3.8, 4) is 22.8 Å². The molecule has 0 fully saturated rings. The number of fused-ring (bicyclic) bond motifs is 2. The fraction of sp³-hybridized carbons (Fsp3) is 0.156. The number of nitrogens with zero attached hydrogens (tertiary/aromatic N) is 2. The number of hydrogen-bond donors (Lipinski definition) is 1. The summed E-state index contributed by atoms with van der Waals surface area (Å²) in [5.74, 6) is 0.585. The molecular formula is C32H26ClN3O5S. The first-order valence-electron chi connectivity index (χ1n) is 13.0. The van der Waals surface area contributed by atoms with Crippen LogP contribution in [0, 0.1) is 0 Å². The summed E-state index contributed by atoms with van der Waals surface area (Å²) in [5, 5.41) is 1.34. The number of methoxy groups -OCH3 is 3. The van der Waals surface area contributed by atoms with Crippen molar-refractivity contribution < 1.29 is 19.0 Å². The van der Waals surface area contributed by atoms with Crippen molar-refractivity contribution in [3.05, 3.63) is 114 Å². The molecule has 10 heteroatoms. The Morgan fingerprint density at radius 1 is 1.05 bits per heavy atom. The lowest BCUT2D eigenvalue weighted by atomic mass is 9.95. The molecule has 0 spiro atoms. The fourth-order valence-electron chi connectivity index (χ4n) is 5.34. The van der Waals surface area contributed by atoms with Crippen molar-refractivity contribution in [2.75, 3.05) is 21.3 Å². The van der Waals surface area contributed by atoms with E-state index in [1.165, 1.54) is 30.1 Å². The number of nitrogens with one attached hydrogen (secondary N) is 1. The molecule has 8 nitrogen and oxygen atoms in total. The van der Waals surface area contributed by atoms with Crippen LogP contribution in [-0.4, -0.2) is 36.8 Å². The summed E-state index contributed by atoms with van der Waals surface area (Å²) in [5.41, 5.74) is 4.49. The van der Waals surface area contributed by atoms with Gasteiger partial charge in [0.1, 0.15) is 17.5 Å². The third kappa shape index (κ3) is 4.60. The average molecular weight is 600 g/mol. The maximum Gasteiger partial charge on any atom is 0.338 e. The molecule has 1 atom stereocenters. The standard InChI is InChI=1S/C32H26ClN3O5S/c1-17-27(31(38)41-4)29(23-14-19(33)10-13-25(23)40-3)36-30(37)26(42-32(36)34-17)16-22-21-15-20(39-2)11-12-24(21)35-28(22)18-8-6-5-7-9-18/h5-16,29,35H,1-4H3/b26-16-/t29-/m0/s1. The van der Waals surface area contributed by atoms with E-state index < -0.39 is 12.0 Å². The predicted octanol–water partition coefficient (Wildman–Crippen LogP) is 5.23. The third-order valence-corrected chi connectivity index (χ3v) is 8.52. The molecule has 5 aromatic rings. The number of H-pyrrole nitrogens is 1. The minimum Gasteiger partial charge on any atom is -0.497 e. The second kappa shape index (κ2) is 11.0. The molecule has 0 aliphatic carbocycles. The van der Waals surface area contributed by atoms with Gasteiger partial charge in [0, 0.05) is 27.1 Å².